The molecule has 1 aliphatic rings. The SMILES string of the molecule is Cc1cccc(CN2C(=O)N[C@](C)(c3cccc4ccccc34)C2=O)c1. The van der Waals surface area contributed by atoms with Crippen LogP contribution in [0.1, 0.15) is 23.6 Å². The Bertz CT molecular complexity index is 1020. The van der Waals surface area contributed by atoms with Gasteiger partial charge in [-0.25, -0.2) is 4.79 Å². The molecule has 0 saturated carbocycles. The zero-order valence-corrected chi connectivity index (χ0v) is 14.8. The van der Waals surface area contributed by atoms with Crippen LogP contribution >= 0.6 is 0 Å². The monoisotopic (exact) mass is 344 g/mol. The molecule has 3 amide bonds. The van der Waals surface area contributed by atoms with Crippen LogP contribution in [0, 0.1) is 6.92 Å². The first-order valence-corrected chi connectivity index (χ1v) is 8.67. The minimum atomic E-state index is -1.07. The van der Waals surface area contributed by atoms with Crippen molar-refractivity contribution in [2.45, 2.75) is 25.9 Å². The van der Waals surface area contributed by atoms with Gasteiger partial charge < -0.3 is 5.32 Å². The minimum absolute atomic E-state index is 0.222. The summed E-state index contributed by atoms with van der Waals surface area (Å²) < 4.78 is 0. The highest BCUT2D eigenvalue weighted by Crippen LogP contribution is 2.34. The molecule has 0 bridgehead atoms. The summed E-state index contributed by atoms with van der Waals surface area (Å²) in [4.78, 5) is 27.1. The van der Waals surface area contributed by atoms with Gasteiger partial charge in [-0.15, -0.1) is 0 Å². The fourth-order valence-electron chi connectivity index (χ4n) is 3.68. The van der Waals surface area contributed by atoms with Crippen LogP contribution in [0.25, 0.3) is 10.8 Å². The third-order valence-corrected chi connectivity index (χ3v) is 5.03. The van der Waals surface area contributed by atoms with Crippen molar-refractivity contribution < 1.29 is 9.59 Å². The molecule has 130 valence electrons. The van der Waals surface area contributed by atoms with Gasteiger partial charge in [0.2, 0.25) is 0 Å². The van der Waals surface area contributed by atoms with Crippen LogP contribution in [-0.2, 0) is 16.9 Å². The van der Waals surface area contributed by atoms with Crippen LogP contribution < -0.4 is 5.32 Å². The number of hydrogen-bond acceptors (Lipinski definition) is 2. The Balaban J connectivity index is 1.73. The van der Waals surface area contributed by atoms with Gasteiger partial charge in [0.05, 0.1) is 6.54 Å². The lowest BCUT2D eigenvalue weighted by atomic mass is 9.88. The van der Waals surface area contributed by atoms with Crippen molar-refractivity contribution in [2.75, 3.05) is 0 Å². The number of benzene rings is 3. The van der Waals surface area contributed by atoms with Crippen molar-refractivity contribution in [3.8, 4) is 0 Å². The highest BCUT2D eigenvalue weighted by molar-refractivity contribution is 6.09. The summed E-state index contributed by atoms with van der Waals surface area (Å²) >= 11 is 0. The highest BCUT2D eigenvalue weighted by Gasteiger charge is 2.49. The third kappa shape index (κ3) is 2.54. The summed E-state index contributed by atoms with van der Waals surface area (Å²) in [6, 6.07) is 21.3. The average molecular weight is 344 g/mol. The summed E-state index contributed by atoms with van der Waals surface area (Å²) in [6.07, 6.45) is 0. The maximum absolute atomic E-state index is 13.2. The van der Waals surface area contributed by atoms with Gasteiger partial charge in [-0.3, -0.25) is 9.69 Å². The van der Waals surface area contributed by atoms with Gasteiger partial charge in [-0.05, 0) is 35.7 Å². The smallest absolute Gasteiger partial charge is 0.319 e. The maximum Gasteiger partial charge on any atom is 0.325 e. The Morgan fingerprint density at radius 3 is 2.50 bits per heavy atom. The van der Waals surface area contributed by atoms with E-state index in [1.807, 2.05) is 73.7 Å². The number of urea groups is 1. The number of carbonyl (C=O) groups excluding carboxylic acids is 2. The van der Waals surface area contributed by atoms with Gasteiger partial charge in [0.1, 0.15) is 5.54 Å². The molecule has 0 radical (unpaired) electrons. The van der Waals surface area contributed by atoms with E-state index in [1.54, 1.807) is 6.92 Å². The summed E-state index contributed by atoms with van der Waals surface area (Å²) in [5.74, 6) is -0.222. The Labute approximate surface area is 152 Å². The summed E-state index contributed by atoms with van der Waals surface area (Å²) in [5, 5.41) is 4.93. The van der Waals surface area contributed by atoms with Crippen molar-refractivity contribution in [3.63, 3.8) is 0 Å². The molecule has 0 spiro atoms. The molecule has 4 rings (SSSR count). The second-order valence-corrected chi connectivity index (χ2v) is 6.96. The van der Waals surface area contributed by atoms with Crippen LogP contribution in [-0.4, -0.2) is 16.8 Å². The van der Waals surface area contributed by atoms with E-state index in [0.29, 0.717) is 0 Å². The Hall–Kier alpha value is -3.14. The Morgan fingerprint density at radius 1 is 0.962 bits per heavy atom. The number of fused-ring (bicyclic) bond motifs is 1. The lowest BCUT2D eigenvalue weighted by Gasteiger charge is -2.24. The molecule has 0 aliphatic carbocycles. The predicted octanol–water partition coefficient (Wildman–Crippen LogP) is 4.12. The molecule has 1 aliphatic heterocycles. The summed E-state index contributed by atoms with van der Waals surface area (Å²) in [6.45, 7) is 4.05. The van der Waals surface area contributed by atoms with Crippen molar-refractivity contribution >= 4 is 22.7 Å². The second kappa shape index (κ2) is 5.99. The molecule has 1 atom stereocenters. The summed E-state index contributed by atoms with van der Waals surface area (Å²) in [5.41, 5.74) is 1.80. The topological polar surface area (TPSA) is 49.4 Å². The van der Waals surface area contributed by atoms with Crippen LogP contribution in [0.4, 0.5) is 4.79 Å². The van der Waals surface area contributed by atoms with Gasteiger partial charge in [0.25, 0.3) is 5.91 Å². The van der Waals surface area contributed by atoms with E-state index in [-0.39, 0.29) is 18.5 Å². The first kappa shape index (κ1) is 16.3. The molecule has 1 heterocycles. The average Bonchev–Trinajstić information content (AvgIpc) is 2.85. The zero-order valence-electron chi connectivity index (χ0n) is 14.8. The molecular weight excluding hydrogens is 324 g/mol. The van der Waals surface area contributed by atoms with Crippen LogP contribution in [0.5, 0.6) is 0 Å². The van der Waals surface area contributed by atoms with E-state index in [0.717, 1.165) is 27.5 Å². The maximum atomic E-state index is 13.2. The number of rotatable bonds is 3. The Kier molecular flexibility index (Phi) is 3.76. The van der Waals surface area contributed by atoms with Crippen molar-refractivity contribution in [3.05, 3.63) is 83.4 Å². The van der Waals surface area contributed by atoms with E-state index < -0.39 is 5.54 Å². The number of imide groups is 1. The molecule has 0 unspecified atom stereocenters. The first-order chi connectivity index (χ1) is 12.5. The van der Waals surface area contributed by atoms with E-state index in [9.17, 15) is 9.59 Å². The van der Waals surface area contributed by atoms with E-state index in [1.165, 1.54) is 4.90 Å². The molecule has 4 nitrogen and oxygen atoms in total. The number of nitrogens with zero attached hydrogens (tertiary/aromatic N) is 1. The van der Waals surface area contributed by atoms with E-state index in [2.05, 4.69) is 5.32 Å². The molecule has 3 aromatic rings. The lowest BCUT2D eigenvalue weighted by Crippen LogP contribution is -2.41. The minimum Gasteiger partial charge on any atom is -0.319 e. The molecular formula is C22H20N2O2. The number of aryl methyl sites for hydroxylation is 1. The van der Waals surface area contributed by atoms with Gasteiger partial charge in [0, 0.05) is 0 Å². The predicted molar refractivity (Wildman–Crippen MR) is 102 cm³/mol. The normalized spacial score (nSPS) is 19.8. The molecule has 1 fully saturated rings. The molecule has 3 aromatic carbocycles. The van der Waals surface area contributed by atoms with Crippen molar-refractivity contribution in [2.24, 2.45) is 0 Å². The largest absolute Gasteiger partial charge is 0.325 e. The van der Waals surface area contributed by atoms with Gasteiger partial charge >= 0.3 is 6.03 Å². The Morgan fingerprint density at radius 2 is 1.69 bits per heavy atom. The zero-order chi connectivity index (χ0) is 18.3. The summed E-state index contributed by atoms with van der Waals surface area (Å²) in [7, 11) is 0. The van der Waals surface area contributed by atoms with Crippen LogP contribution in [0.15, 0.2) is 66.7 Å². The second-order valence-electron chi connectivity index (χ2n) is 6.96. The van der Waals surface area contributed by atoms with Gasteiger partial charge in [0.15, 0.2) is 0 Å². The first-order valence-electron chi connectivity index (χ1n) is 8.67. The quantitative estimate of drug-likeness (QED) is 0.727. The highest BCUT2D eigenvalue weighted by atomic mass is 16.2. The number of carbonyl (C=O) groups is 2. The molecule has 1 N–H and O–H groups in total. The van der Waals surface area contributed by atoms with Gasteiger partial charge in [-0.2, -0.15) is 0 Å². The van der Waals surface area contributed by atoms with E-state index in [4.69, 9.17) is 0 Å². The fourth-order valence-corrected chi connectivity index (χ4v) is 3.68. The number of amides is 3. The third-order valence-electron chi connectivity index (χ3n) is 5.03. The van der Waals surface area contributed by atoms with E-state index >= 15 is 0 Å². The standard InChI is InChI=1S/C22H20N2O2/c1-15-7-5-8-16(13-15)14-24-20(25)22(2,23-21(24)26)19-12-6-10-17-9-3-4-11-18(17)19/h3-13H,14H2,1-2H3,(H,23,26)/t22-/m1/s1. The van der Waals surface area contributed by atoms with Crippen LogP contribution in [0.3, 0.4) is 0 Å². The molecule has 0 aromatic heterocycles. The van der Waals surface area contributed by atoms with Gasteiger partial charge in [-0.1, -0.05) is 72.3 Å². The molecule has 26 heavy (non-hydrogen) atoms. The molecule has 1 saturated heterocycles. The van der Waals surface area contributed by atoms with Crippen molar-refractivity contribution in [1.29, 1.82) is 0 Å². The number of hydrogen-bond donors (Lipinski definition) is 1. The fraction of sp³-hybridized carbons (Fsp3) is 0.182. The lowest BCUT2D eigenvalue weighted by molar-refractivity contribution is -0.131. The van der Waals surface area contributed by atoms with Crippen LogP contribution in [0.2, 0.25) is 0 Å². The number of nitrogens with one attached hydrogen (secondary N) is 1. The molecule has 4 heteroatoms. The van der Waals surface area contributed by atoms with Crippen molar-refractivity contribution in [1.82, 2.24) is 10.2 Å².